The highest BCUT2D eigenvalue weighted by molar-refractivity contribution is 5.98. The van der Waals surface area contributed by atoms with Gasteiger partial charge in [0.2, 0.25) is 0 Å². The molecule has 0 saturated carbocycles. The van der Waals surface area contributed by atoms with Crippen molar-refractivity contribution in [3.8, 4) is 11.3 Å². The summed E-state index contributed by atoms with van der Waals surface area (Å²) in [4.78, 5) is 15.8. The van der Waals surface area contributed by atoms with Gasteiger partial charge in [0.05, 0.1) is 17.4 Å². The van der Waals surface area contributed by atoms with Crippen LogP contribution in [0.2, 0.25) is 0 Å². The molecule has 0 fully saturated rings. The van der Waals surface area contributed by atoms with Crippen molar-refractivity contribution in [3.63, 3.8) is 0 Å². The fourth-order valence-electron chi connectivity index (χ4n) is 2.60. The Kier molecular flexibility index (Phi) is 3.75. The molecule has 0 N–H and O–H groups in total. The number of pyridine rings is 1. The van der Waals surface area contributed by atoms with Gasteiger partial charge in [-0.25, -0.2) is 0 Å². The smallest absolute Gasteiger partial charge is 0.150 e. The molecule has 4 nitrogen and oxygen atoms in total. The first kappa shape index (κ1) is 14.4. The maximum atomic E-state index is 11.3. The maximum Gasteiger partial charge on any atom is 0.150 e. The summed E-state index contributed by atoms with van der Waals surface area (Å²) in [6.45, 7) is 7.14. The molecule has 0 radical (unpaired) electrons. The van der Waals surface area contributed by atoms with E-state index in [2.05, 4.69) is 23.9 Å². The van der Waals surface area contributed by atoms with E-state index in [9.17, 15) is 4.79 Å². The Balaban J connectivity index is 2.22. The molecule has 0 amide bonds. The number of rotatable bonds is 4. The number of benzene rings is 1. The predicted octanol–water partition coefficient (Wildman–Crippen LogP) is 3.88. The summed E-state index contributed by atoms with van der Waals surface area (Å²) in [5.74, 6) is 0.490. The second-order valence-electron chi connectivity index (χ2n) is 6.06. The van der Waals surface area contributed by atoms with Crippen molar-refractivity contribution in [3.05, 3.63) is 47.8 Å². The molecule has 0 spiro atoms. The number of aromatic nitrogens is 3. The lowest BCUT2D eigenvalue weighted by molar-refractivity contribution is 0.112. The van der Waals surface area contributed by atoms with E-state index in [-0.39, 0.29) is 0 Å². The zero-order valence-electron chi connectivity index (χ0n) is 13.1. The van der Waals surface area contributed by atoms with Gasteiger partial charge in [-0.1, -0.05) is 19.9 Å². The largest absolute Gasteiger partial charge is 0.298 e. The zero-order chi connectivity index (χ0) is 15.7. The van der Waals surface area contributed by atoms with Crippen molar-refractivity contribution in [1.82, 2.24) is 14.8 Å². The number of aldehydes is 1. The van der Waals surface area contributed by atoms with E-state index in [0.717, 1.165) is 40.6 Å². The molecule has 3 aromatic rings. The molecule has 0 bridgehead atoms. The van der Waals surface area contributed by atoms with E-state index in [1.165, 1.54) is 0 Å². The highest BCUT2D eigenvalue weighted by Crippen LogP contribution is 2.29. The zero-order valence-corrected chi connectivity index (χ0v) is 13.1. The molecule has 22 heavy (non-hydrogen) atoms. The van der Waals surface area contributed by atoms with Gasteiger partial charge in [-0.3, -0.25) is 14.5 Å². The van der Waals surface area contributed by atoms with Crippen LogP contribution in [0, 0.1) is 12.8 Å². The first-order valence-corrected chi connectivity index (χ1v) is 7.46. The number of hydrogen-bond donors (Lipinski definition) is 0. The Morgan fingerprint density at radius 3 is 2.68 bits per heavy atom. The van der Waals surface area contributed by atoms with Crippen molar-refractivity contribution >= 4 is 17.2 Å². The van der Waals surface area contributed by atoms with Gasteiger partial charge in [-0.05, 0) is 36.6 Å². The van der Waals surface area contributed by atoms with E-state index in [1.807, 2.05) is 48.3 Å². The van der Waals surface area contributed by atoms with Crippen LogP contribution in [0.1, 0.15) is 29.8 Å². The van der Waals surface area contributed by atoms with E-state index in [0.29, 0.717) is 11.5 Å². The van der Waals surface area contributed by atoms with Crippen LogP contribution in [0.15, 0.2) is 36.7 Å². The van der Waals surface area contributed by atoms with Crippen LogP contribution >= 0.6 is 0 Å². The first-order valence-electron chi connectivity index (χ1n) is 7.46. The summed E-state index contributed by atoms with van der Waals surface area (Å²) in [5.41, 5.74) is 4.56. The minimum atomic E-state index is 0.490. The standard InChI is InChI=1S/C18H19N3O/c1-12(2)10-21-18-7-14(11-22)6-15(16(18)9-20-21)17-5-4-13(3)8-19-17/h4-9,11-12H,10H2,1-3H3. The highest BCUT2D eigenvalue weighted by Gasteiger charge is 2.12. The Hall–Kier alpha value is -2.49. The molecule has 0 aliphatic carbocycles. The van der Waals surface area contributed by atoms with Crippen molar-refractivity contribution < 1.29 is 4.79 Å². The third-order valence-corrected chi connectivity index (χ3v) is 3.65. The Morgan fingerprint density at radius 2 is 2.05 bits per heavy atom. The van der Waals surface area contributed by atoms with Crippen molar-refractivity contribution in [2.24, 2.45) is 5.92 Å². The van der Waals surface area contributed by atoms with Crippen LogP contribution < -0.4 is 0 Å². The molecular weight excluding hydrogens is 274 g/mol. The number of carbonyl (C=O) groups excluding carboxylic acids is 1. The fourth-order valence-corrected chi connectivity index (χ4v) is 2.60. The molecule has 0 aliphatic rings. The molecule has 4 heteroatoms. The van der Waals surface area contributed by atoms with Crippen LogP contribution in [-0.2, 0) is 6.54 Å². The molecular formula is C18H19N3O. The Labute approximate surface area is 129 Å². The quantitative estimate of drug-likeness (QED) is 0.686. The summed E-state index contributed by atoms with van der Waals surface area (Å²) in [7, 11) is 0. The van der Waals surface area contributed by atoms with Crippen LogP contribution in [0.4, 0.5) is 0 Å². The van der Waals surface area contributed by atoms with E-state index >= 15 is 0 Å². The SMILES string of the molecule is Cc1ccc(-c2cc(C=O)cc3c2cnn3CC(C)C)nc1. The third kappa shape index (κ3) is 2.64. The van der Waals surface area contributed by atoms with Crippen molar-refractivity contribution in [2.45, 2.75) is 27.3 Å². The van der Waals surface area contributed by atoms with Gasteiger partial charge in [-0.2, -0.15) is 5.10 Å². The van der Waals surface area contributed by atoms with Gasteiger partial charge in [-0.15, -0.1) is 0 Å². The lowest BCUT2D eigenvalue weighted by Gasteiger charge is -2.09. The maximum absolute atomic E-state index is 11.3. The van der Waals surface area contributed by atoms with E-state index in [1.54, 1.807) is 0 Å². The normalized spacial score (nSPS) is 11.3. The number of nitrogens with zero attached hydrogens (tertiary/aromatic N) is 3. The highest BCUT2D eigenvalue weighted by atomic mass is 16.1. The minimum absolute atomic E-state index is 0.490. The average Bonchev–Trinajstić information content (AvgIpc) is 2.89. The summed E-state index contributed by atoms with van der Waals surface area (Å²) < 4.78 is 1.96. The summed E-state index contributed by atoms with van der Waals surface area (Å²) >= 11 is 0. The number of aryl methyl sites for hydroxylation is 1. The van der Waals surface area contributed by atoms with Gasteiger partial charge < -0.3 is 0 Å². The summed E-state index contributed by atoms with van der Waals surface area (Å²) in [6, 6.07) is 7.79. The summed E-state index contributed by atoms with van der Waals surface area (Å²) in [5, 5.41) is 5.52. The number of carbonyl (C=O) groups is 1. The number of fused-ring (bicyclic) bond motifs is 1. The second kappa shape index (κ2) is 5.72. The van der Waals surface area contributed by atoms with Gasteiger partial charge in [0, 0.05) is 29.3 Å². The lowest BCUT2D eigenvalue weighted by atomic mass is 10.0. The van der Waals surface area contributed by atoms with Crippen molar-refractivity contribution in [1.29, 1.82) is 0 Å². The van der Waals surface area contributed by atoms with Crippen molar-refractivity contribution in [2.75, 3.05) is 0 Å². The van der Waals surface area contributed by atoms with Gasteiger partial charge in [0.15, 0.2) is 0 Å². The topological polar surface area (TPSA) is 47.8 Å². The Morgan fingerprint density at radius 1 is 1.23 bits per heavy atom. The van der Waals surface area contributed by atoms with Crippen LogP contribution in [0.25, 0.3) is 22.2 Å². The molecule has 2 aromatic heterocycles. The molecule has 1 aromatic carbocycles. The predicted molar refractivity (Wildman–Crippen MR) is 87.9 cm³/mol. The van der Waals surface area contributed by atoms with Crippen LogP contribution in [0.5, 0.6) is 0 Å². The van der Waals surface area contributed by atoms with E-state index < -0.39 is 0 Å². The minimum Gasteiger partial charge on any atom is -0.298 e. The van der Waals surface area contributed by atoms with Gasteiger partial charge >= 0.3 is 0 Å². The molecule has 3 rings (SSSR count). The molecule has 0 atom stereocenters. The fraction of sp³-hybridized carbons (Fsp3) is 0.278. The lowest BCUT2D eigenvalue weighted by Crippen LogP contribution is -2.05. The molecule has 112 valence electrons. The third-order valence-electron chi connectivity index (χ3n) is 3.65. The van der Waals surface area contributed by atoms with Crippen LogP contribution in [0.3, 0.4) is 0 Å². The molecule has 0 saturated heterocycles. The first-order chi connectivity index (χ1) is 10.6. The molecule has 0 unspecified atom stereocenters. The average molecular weight is 293 g/mol. The summed E-state index contributed by atoms with van der Waals surface area (Å²) in [6.07, 6.45) is 4.58. The van der Waals surface area contributed by atoms with Gasteiger partial charge in [0.25, 0.3) is 0 Å². The van der Waals surface area contributed by atoms with Gasteiger partial charge in [0.1, 0.15) is 6.29 Å². The Bertz CT molecular complexity index is 816. The van der Waals surface area contributed by atoms with E-state index in [4.69, 9.17) is 0 Å². The number of hydrogen-bond acceptors (Lipinski definition) is 3. The van der Waals surface area contributed by atoms with Crippen LogP contribution in [-0.4, -0.2) is 21.1 Å². The second-order valence-corrected chi connectivity index (χ2v) is 6.06. The monoisotopic (exact) mass is 293 g/mol. The molecule has 0 aliphatic heterocycles. The molecule has 2 heterocycles.